The lowest BCUT2D eigenvalue weighted by atomic mass is 10.0. The number of hydrogen-bond acceptors (Lipinski definition) is 5. The van der Waals surface area contributed by atoms with E-state index < -0.39 is 11.9 Å². The average molecular weight is 473 g/mol. The maximum Gasteiger partial charge on any atom is 0.329 e. The van der Waals surface area contributed by atoms with Crippen molar-refractivity contribution >= 4 is 40.3 Å². The van der Waals surface area contributed by atoms with Gasteiger partial charge in [0.25, 0.3) is 5.91 Å². The number of amides is 2. The Morgan fingerprint density at radius 2 is 1.88 bits per heavy atom. The molecule has 8 heteroatoms. The molecule has 0 bridgehead atoms. The van der Waals surface area contributed by atoms with Crippen molar-refractivity contribution in [1.82, 2.24) is 19.0 Å². The number of imidazole rings is 1. The number of fused-ring (bicyclic) bond motifs is 1. The SMILES string of the molecule is Cn1c(SCC(=O)[N+]2(c3ccncc3-c3ccccc3)CCC[C@H]2C(N)=O)nc2ccccc21. The van der Waals surface area contributed by atoms with Crippen LogP contribution < -0.4 is 10.2 Å². The number of rotatable bonds is 6. The highest BCUT2D eigenvalue weighted by Crippen LogP contribution is 2.42. The van der Waals surface area contributed by atoms with Crippen molar-refractivity contribution in [1.29, 1.82) is 0 Å². The normalized spacial score (nSPS) is 20.0. The zero-order chi connectivity index (χ0) is 23.7. The molecule has 0 radical (unpaired) electrons. The monoisotopic (exact) mass is 472 g/mol. The Bertz CT molecular complexity index is 1370. The van der Waals surface area contributed by atoms with Crippen LogP contribution in [0.15, 0.2) is 78.2 Å². The fourth-order valence-corrected chi connectivity index (χ4v) is 6.00. The third-order valence-electron chi connectivity index (χ3n) is 6.68. The number of benzene rings is 2. The van der Waals surface area contributed by atoms with Crippen molar-refractivity contribution in [3.63, 3.8) is 0 Å². The second kappa shape index (κ2) is 9.04. The molecule has 1 aliphatic heterocycles. The minimum absolute atomic E-state index is 0.0539. The molecular weight excluding hydrogens is 446 g/mol. The Morgan fingerprint density at radius 3 is 2.65 bits per heavy atom. The molecule has 1 aliphatic rings. The van der Waals surface area contributed by atoms with E-state index in [4.69, 9.17) is 10.7 Å². The van der Waals surface area contributed by atoms with Gasteiger partial charge in [-0.3, -0.25) is 9.78 Å². The van der Waals surface area contributed by atoms with Crippen LogP contribution in [0.5, 0.6) is 0 Å². The summed E-state index contributed by atoms with van der Waals surface area (Å²) < 4.78 is 1.91. The number of para-hydroxylation sites is 2. The number of quaternary nitrogens is 1. The van der Waals surface area contributed by atoms with Crippen LogP contribution in [0.2, 0.25) is 0 Å². The number of thioether (sulfide) groups is 1. The number of aryl methyl sites for hydroxylation is 1. The molecule has 2 atom stereocenters. The maximum atomic E-state index is 14.1. The molecule has 2 N–H and O–H groups in total. The number of nitrogens with two attached hydrogens (primary N) is 1. The van der Waals surface area contributed by atoms with Crippen LogP contribution in [0, 0.1) is 0 Å². The highest BCUT2D eigenvalue weighted by Gasteiger charge is 2.53. The molecule has 2 amide bonds. The van der Waals surface area contributed by atoms with Crippen molar-refractivity contribution in [3.8, 4) is 11.1 Å². The van der Waals surface area contributed by atoms with Crippen molar-refractivity contribution in [2.45, 2.75) is 24.0 Å². The van der Waals surface area contributed by atoms with E-state index in [1.807, 2.05) is 72.3 Å². The van der Waals surface area contributed by atoms with E-state index in [0.717, 1.165) is 39.4 Å². The van der Waals surface area contributed by atoms with Gasteiger partial charge in [0.2, 0.25) is 0 Å². The fraction of sp³-hybridized carbons (Fsp3) is 0.231. The molecule has 0 aliphatic carbocycles. The summed E-state index contributed by atoms with van der Waals surface area (Å²) in [6, 6.07) is 19.0. The zero-order valence-corrected chi connectivity index (χ0v) is 19.7. The van der Waals surface area contributed by atoms with Crippen LogP contribution in [0.4, 0.5) is 5.69 Å². The molecule has 172 valence electrons. The molecule has 1 unspecified atom stereocenters. The molecule has 7 nitrogen and oxygen atoms in total. The molecule has 0 spiro atoms. The van der Waals surface area contributed by atoms with Crippen molar-refractivity contribution in [2.75, 3.05) is 12.3 Å². The number of hydrogen-bond donors (Lipinski definition) is 1. The summed E-state index contributed by atoms with van der Waals surface area (Å²) in [4.78, 5) is 35.7. The van der Waals surface area contributed by atoms with Gasteiger partial charge in [0.1, 0.15) is 5.75 Å². The van der Waals surface area contributed by atoms with Gasteiger partial charge >= 0.3 is 5.91 Å². The fourth-order valence-electron chi connectivity index (χ4n) is 5.06. The predicted molar refractivity (Wildman–Crippen MR) is 135 cm³/mol. The summed E-state index contributed by atoms with van der Waals surface area (Å²) in [5, 5.41) is 0.764. The second-order valence-electron chi connectivity index (χ2n) is 8.54. The van der Waals surface area contributed by atoms with E-state index >= 15 is 0 Å². The van der Waals surface area contributed by atoms with Gasteiger partial charge in [-0.25, -0.2) is 14.3 Å². The standard InChI is InChI=1S/C26H25N5O2S/c1-30-21-11-6-5-10-20(21)29-26(30)34-17-24(32)31(15-7-12-23(31)25(27)33)22-13-14-28-16-19(22)18-8-3-2-4-9-18/h2-6,8-11,13-14,16,23H,7,12,15,17H2,1H3,(H-,27,33)/p+1/t23-,31?/m0/s1. The summed E-state index contributed by atoms with van der Waals surface area (Å²) in [7, 11) is 1.95. The lowest BCUT2D eigenvalue weighted by molar-refractivity contribution is -0.134. The average Bonchev–Trinajstić information content (AvgIpc) is 3.46. The summed E-state index contributed by atoms with van der Waals surface area (Å²) in [6.07, 6.45) is 4.78. The highest BCUT2D eigenvalue weighted by atomic mass is 32.2. The Hall–Kier alpha value is -3.49. The number of pyridine rings is 1. The zero-order valence-electron chi connectivity index (χ0n) is 18.9. The molecule has 4 aromatic rings. The summed E-state index contributed by atoms with van der Waals surface area (Å²) in [6.45, 7) is 0.527. The van der Waals surface area contributed by atoms with Crippen molar-refractivity contribution < 1.29 is 9.59 Å². The first-order valence-corrected chi connectivity index (χ1v) is 12.3. The molecule has 0 saturated carbocycles. The topological polar surface area (TPSA) is 90.9 Å². The molecule has 34 heavy (non-hydrogen) atoms. The largest absolute Gasteiger partial charge is 0.364 e. The molecule has 2 aromatic carbocycles. The van der Waals surface area contributed by atoms with Crippen LogP contribution in [0.3, 0.4) is 0 Å². The lowest BCUT2D eigenvalue weighted by Crippen LogP contribution is -2.62. The Balaban J connectivity index is 1.55. The van der Waals surface area contributed by atoms with Gasteiger partial charge in [-0.05, 0) is 17.7 Å². The maximum absolute atomic E-state index is 14.1. The lowest BCUT2D eigenvalue weighted by Gasteiger charge is -2.36. The molecule has 3 heterocycles. The molecule has 1 saturated heterocycles. The highest BCUT2D eigenvalue weighted by molar-refractivity contribution is 7.99. The number of carbonyl (C=O) groups excluding carboxylic acids is 2. The molecule has 5 rings (SSSR count). The Labute approximate surface area is 202 Å². The summed E-state index contributed by atoms with van der Waals surface area (Å²) in [5.41, 5.74) is 10.3. The van der Waals surface area contributed by atoms with Crippen LogP contribution in [0.25, 0.3) is 22.2 Å². The minimum atomic E-state index is -0.613. The third kappa shape index (κ3) is 3.69. The Morgan fingerprint density at radius 1 is 1.12 bits per heavy atom. The van der Waals surface area contributed by atoms with Crippen LogP contribution in [0.1, 0.15) is 12.8 Å². The summed E-state index contributed by atoms with van der Waals surface area (Å²) in [5.74, 6) is -0.326. The first-order chi connectivity index (χ1) is 16.5. The second-order valence-corrected chi connectivity index (χ2v) is 9.48. The first kappa shape index (κ1) is 22.3. The van der Waals surface area contributed by atoms with Gasteiger partial charge in [0.05, 0.1) is 23.1 Å². The third-order valence-corrected chi connectivity index (χ3v) is 7.69. The molecule has 2 aromatic heterocycles. The van der Waals surface area contributed by atoms with Gasteiger partial charge in [-0.1, -0.05) is 54.2 Å². The number of likely N-dealkylation sites (tertiary alicyclic amines) is 1. The van der Waals surface area contributed by atoms with E-state index in [9.17, 15) is 9.59 Å². The van der Waals surface area contributed by atoms with Gasteiger partial charge in [0.15, 0.2) is 16.9 Å². The van der Waals surface area contributed by atoms with Crippen LogP contribution >= 0.6 is 11.8 Å². The number of nitrogens with zero attached hydrogens (tertiary/aromatic N) is 4. The number of carbonyl (C=O) groups is 2. The van der Waals surface area contributed by atoms with E-state index in [1.165, 1.54) is 11.8 Å². The van der Waals surface area contributed by atoms with Gasteiger partial charge in [-0.2, -0.15) is 0 Å². The quantitative estimate of drug-likeness (QED) is 0.339. The number of aromatic nitrogens is 3. The predicted octanol–water partition coefficient (Wildman–Crippen LogP) is 3.91. The van der Waals surface area contributed by atoms with E-state index in [0.29, 0.717) is 13.0 Å². The van der Waals surface area contributed by atoms with Crippen LogP contribution in [-0.4, -0.2) is 44.7 Å². The van der Waals surface area contributed by atoms with Crippen molar-refractivity contribution in [3.05, 3.63) is 73.1 Å². The van der Waals surface area contributed by atoms with Gasteiger partial charge in [-0.15, -0.1) is 0 Å². The van der Waals surface area contributed by atoms with Gasteiger partial charge in [0, 0.05) is 38.3 Å². The number of primary amides is 1. The van der Waals surface area contributed by atoms with Crippen molar-refractivity contribution in [2.24, 2.45) is 12.8 Å². The Kier molecular flexibility index (Phi) is 5.93. The van der Waals surface area contributed by atoms with Crippen LogP contribution in [-0.2, 0) is 16.6 Å². The van der Waals surface area contributed by atoms with E-state index in [2.05, 4.69) is 4.98 Å². The molecular formula is C26H26N5O2S+. The smallest absolute Gasteiger partial charge is 0.329 e. The minimum Gasteiger partial charge on any atom is -0.364 e. The summed E-state index contributed by atoms with van der Waals surface area (Å²) >= 11 is 1.40. The van der Waals surface area contributed by atoms with Gasteiger partial charge < -0.3 is 10.3 Å². The first-order valence-electron chi connectivity index (χ1n) is 11.3. The van der Waals surface area contributed by atoms with E-state index in [-0.39, 0.29) is 16.1 Å². The van der Waals surface area contributed by atoms with E-state index in [1.54, 1.807) is 12.4 Å². The molecule has 1 fully saturated rings.